The Labute approximate surface area is 196 Å². The van der Waals surface area contributed by atoms with Crippen LogP contribution in [0.5, 0.6) is 5.75 Å². The smallest absolute Gasteiger partial charge is 0.282 e. The Balaban J connectivity index is 1.58. The van der Waals surface area contributed by atoms with Gasteiger partial charge in [-0.25, -0.2) is 19.3 Å². The Morgan fingerprint density at radius 1 is 1.18 bits per heavy atom. The topological polar surface area (TPSA) is 99.0 Å². The van der Waals surface area contributed by atoms with E-state index in [4.69, 9.17) is 16.3 Å². The summed E-state index contributed by atoms with van der Waals surface area (Å²) in [6, 6.07) is 10.7. The molecule has 0 spiro atoms. The van der Waals surface area contributed by atoms with Crippen molar-refractivity contribution in [2.24, 2.45) is 0 Å². The third-order valence-electron chi connectivity index (χ3n) is 4.58. The molecule has 0 aliphatic carbocycles. The lowest BCUT2D eigenvalue weighted by Gasteiger charge is -2.13. The van der Waals surface area contributed by atoms with E-state index in [1.54, 1.807) is 30.3 Å². The summed E-state index contributed by atoms with van der Waals surface area (Å²) >= 11 is 7.18. The summed E-state index contributed by atoms with van der Waals surface area (Å²) in [7, 11) is 1.50. The van der Waals surface area contributed by atoms with Gasteiger partial charge in [0, 0.05) is 18.1 Å². The zero-order valence-corrected chi connectivity index (χ0v) is 18.9. The Kier molecular flexibility index (Phi) is 6.85. The standard InChI is InChI=1S/C22H17ClFN5O3S/c1-32-17-7-6-15(10-16(17)23)27-18(30)12-33-22-28-20-19(25-8-9-26-20)21(31)29(22)11-13-2-4-14(24)5-3-13/h2-10H,11-12H2,1H3,(H,27,30). The average molecular weight is 486 g/mol. The normalized spacial score (nSPS) is 10.9. The van der Waals surface area contributed by atoms with Crippen molar-refractivity contribution in [2.75, 3.05) is 18.2 Å². The molecule has 0 atom stereocenters. The number of carbonyl (C=O) groups is 1. The summed E-state index contributed by atoms with van der Waals surface area (Å²) in [5.74, 6) is -0.220. The zero-order chi connectivity index (χ0) is 23.4. The maximum absolute atomic E-state index is 13.3. The Morgan fingerprint density at radius 3 is 2.67 bits per heavy atom. The molecule has 0 fully saturated rings. The van der Waals surface area contributed by atoms with E-state index in [1.807, 2.05) is 0 Å². The number of benzene rings is 2. The van der Waals surface area contributed by atoms with Gasteiger partial charge in [0.05, 0.1) is 24.4 Å². The first-order chi connectivity index (χ1) is 15.9. The van der Waals surface area contributed by atoms with Crippen LogP contribution in [0.15, 0.2) is 64.8 Å². The molecule has 33 heavy (non-hydrogen) atoms. The van der Waals surface area contributed by atoms with Gasteiger partial charge in [-0.15, -0.1) is 0 Å². The number of ether oxygens (including phenoxy) is 1. The maximum Gasteiger partial charge on any atom is 0.282 e. The zero-order valence-electron chi connectivity index (χ0n) is 17.3. The van der Waals surface area contributed by atoms with Crippen molar-refractivity contribution < 1.29 is 13.9 Å². The largest absolute Gasteiger partial charge is 0.495 e. The van der Waals surface area contributed by atoms with Crippen LogP contribution in [-0.2, 0) is 11.3 Å². The molecular weight excluding hydrogens is 469 g/mol. The lowest BCUT2D eigenvalue weighted by molar-refractivity contribution is -0.113. The summed E-state index contributed by atoms with van der Waals surface area (Å²) in [6.07, 6.45) is 2.85. The molecule has 2 aromatic carbocycles. The highest BCUT2D eigenvalue weighted by atomic mass is 35.5. The summed E-state index contributed by atoms with van der Waals surface area (Å²) in [4.78, 5) is 38.2. The van der Waals surface area contributed by atoms with Gasteiger partial charge >= 0.3 is 0 Å². The van der Waals surface area contributed by atoms with E-state index in [9.17, 15) is 14.0 Å². The fourth-order valence-electron chi connectivity index (χ4n) is 3.02. The van der Waals surface area contributed by atoms with E-state index in [0.717, 1.165) is 11.8 Å². The van der Waals surface area contributed by atoms with Crippen molar-refractivity contribution in [1.82, 2.24) is 19.5 Å². The van der Waals surface area contributed by atoms with Crippen molar-refractivity contribution in [2.45, 2.75) is 11.7 Å². The molecule has 2 aromatic heterocycles. The van der Waals surface area contributed by atoms with E-state index in [-0.39, 0.29) is 35.2 Å². The molecule has 8 nitrogen and oxygen atoms in total. The van der Waals surface area contributed by atoms with Crippen LogP contribution < -0.4 is 15.6 Å². The van der Waals surface area contributed by atoms with Crippen molar-refractivity contribution in [3.63, 3.8) is 0 Å². The number of halogens is 2. The summed E-state index contributed by atoms with van der Waals surface area (Å²) in [5, 5.41) is 3.41. The number of thioether (sulfide) groups is 1. The first-order valence-corrected chi connectivity index (χ1v) is 11.0. The third kappa shape index (κ3) is 5.29. The van der Waals surface area contributed by atoms with Gasteiger partial charge in [-0.2, -0.15) is 0 Å². The molecular formula is C22H17ClFN5O3S. The molecule has 0 saturated carbocycles. The minimum atomic E-state index is -0.401. The quantitative estimate of drug-likeness (QED) is 0.314. The summed E-state index contributed by atoms with van der Waals surface area (Å²) in [6.45, 7) is 0.136. The minimum absolute atomic E-state index is 0.0225. The number of anilines is 1. The van der Waals surface area contributed by atoms with Gasteiger partial charge in [0.2, 0.25) is 5.91 Å². The van der Waals surface area contributed by atoms with Crippen molar-refractivity contribution in [3.05, 3.63) is 81.6 Å². The van der Waals surface area contributed by atoms with Gasteiger partial charge in [0.15, 0.2) is 16.3 Å². The van der Waals surface area contributed by atoms with Gasteiger partial charge < -0.3 is 10.1 Å². The highest BCUT2D eigenvalue weighted by Gasteiger charge is 2.16. The van der Waals surface area contributed by atoms with Crippen LogP contribution in [0.4, 0.5) is 10.1 Å². The van der Waals surface area contributed by atoms with Crippen LogP contribution in [0.1, 0.15) is 5.56 Å². The Bertz CT molecular complexity index is 1380. The second-order valence-electron chi connectivity index (χ2n) is 6.83. The van der Waals surface area contributed by atoms with E-state index in [0.29, 0.717) is 27.2 Å². The number of aromatic nitrogens is 4. The first-order valence-electron chi connectivity index (χ1n) is 9.67. The molecule has 1 N–H and O–H groups in total. The van der Waals surface area contributed by atoms with Crippen molar-refractivity contribution in [1.29, 1.82) is 0 Å². The predicted octanol–water partition coefficient (Wildman–Crippen LogP) is 3.77. The monoisotopic (exact) mass is 485 g/mol. The number of nitrogens with one attached hydrogen (secondary N) is 1. The number of nitrogens with zero attached hydrogens (tertiary/aromatic N) is 4. The molecule has 11 heteroatoms. The second kappa shape index (κ2) is 9.97. The highest BCUT2D eigenvalue weighted by Crippen LogP contribution is 2.27. The molecule has 0 unspecified atom stereocenters. The number of carbonyl (C=O) groups excluding carboxylic acids is 1. The van der Waals surface area contributed by atoms with Crippen molar-refractivity contribution >= 4 is 46.1 Å². The number of fused-ring (bicyclic) bond motifs is 1. The van der Waals surface area contributed by atoms with Crippen LogP contribution in [-0.4, -0.2) is 38.3 Å². The number of amides is 1. The fraction of sp³-hybridized carbons (Fsp3) is 0.136. The Hall–Kier alpha value is -3.50. The van der Waals surface area contributed by atoms with Gasteiger partial charge in [-0.05, 0) is 35.9 Å². The predicted molar refractivity (Wildman–Crippen MR) is 124 cm³/mol. The summed E-state index contributed by atoms with van der Waals surface area (Å²) in [5.41, 5.74) is 1.10. The van der Waals surface area contributed by atoms with Crippen LogP contribution in [0.2, 0.25) is 5.02 Å². The molecule has 0 radical (unpaired) electrons. The van der Waals surface area contributed by atoms with E-state index < -0.39 is 5.56 Å². The Morgan fingerprint density at radius 2 is 1.94 bits per heavy atom. The van der Waals surface area contributed by atoms with E-state index in [2.05, 4.69) is 20.3 Å². The molecule has 0 saturated heterocycles. The van der Waals surface area contributed by atoms with Gasteiger partial charge in [0.25, 0.3) is 5.56 Å². The number of hydrogen-bond acceptors (Lipinski definition) is 7. The molecule has 168 valence electrons. The maximum atomic E-state index is 13.3. The molecule has 1 amide bonds. The SMILES string of the molecule is COc1ccc(NC(=O)CSc2nc3nccnc3c(=O)n2Cc2ccc(F)cc2)cc1Cl. The molecule has 4 aromatic rings. The van der Waals surface area contributed by atoms with Gasteiger partial charge in [0.1, 0.15) is 11.6 Å². The van der Waals surface area contributed by atoms with Crippen LogP contribution >= 0.6 is 23.4 Å². The first kappa shape index (κ1) is 22.7. The van der Waals surface area contributed by atoms with Crippen LogP contribution in [0, 0.1) is 5.82 Å². The fourth-order valence-corrected chi connectivity index (χ4v) is 4.07. The molecule has 0 bridgehead atoms. The van der Waals surface area contributed by atoms with Crippen LogP contribution in [0.25, 0.3) is 11.2 Å². The molecule has 0 aliphatic heterocycles. The van der Waals surface area contributed by atoms with Gasteiger partial charge in [-0.1, -0.05) is 35.5 Å². The number of methoxy groups -OCH3 is 1. The molecule has 4 rings (SSSR count). The van der Waals surface area contributed by atoms with E-state index in [1.165, 1.54) is 36.2 Å². The summed E-state index contributed by atoms with van der Waals surface area (Å²) < 4.78 is 19.8. The highest BCUT2D eigenvalue weighted by molar-refractivity contribution is 7.99. The molecule has 0 aliphatic rings. The number of rotatable bonds is 7. The van der Waals surface area contributed by atoms with Crippen LogP contribution in [0.3, 0.4) is 0 Å². The molecule has 2 heterocycles. The third-order valence-corrected chi connectivity index (χ3v) is 5.85. The van der Waals surface area contributed by atoms with Gasteiger partial charge in [-0.3, -0.25) is 14.2 Å². The lowest BCUT2D eigenvalue weighted by Crippen LogP contribution is -2.25. The second-order valence-corrected chi connectivity index (χ2v) is 8.18. The van der Waals surface area contributed by atoms with E-state index >= 15 is 0 Å². The number of hydrogen-bond donors (Lipinski definition) is 1. The minimum Gasteiger partial charge on any atom is -0.495 e. The lowest BCUT2D eigenvalue weighted by atomic mass is 10.2. The average Bonchev–Trinajstić information content (AvgIpc) is 2.81. The van der Waals surface area contributed by atoms with Crippen molar-refractivity contribution in [3.8, 4) is 5.75 Å².